The van der Waals surface area contributed by atoms with Crippen molar-refractivity contribution in [2.45, 2.75) is 5.75 Å². The lowest BCUT2D eigenvalue weighted by molar-refractivity contribution is -0.384. The van der Waals surface area contributed by atoms with Gasteiger partial charge in [0.05, 0.1) is 29.5 Å². The summed E-state index contributed by atoms with van der Waals surface area (Å²) in [5.41, 5.74) is 0.614. The van der Waals surface area contributed by atoms with E-state index >= 15 is 0 Å². The molecular formula is C14H14N2O5S. The summed E-state index contributed by atoms with van der Waals surface area (Å²) in [4.78, 5) is 10.1. The van der Waals surface area contributed by atoms with Crippen LogP contribution in [0.4, 0.5) is 11.4 Å². The molecule has 22 heavy (non-hydrogen) atoms. The third-order valence-electron chi connectivity index (χ3n) is 2.86. The molecule has 0 aromatic heterocycles. The van der Waals surface area contributed by atoms with E-state index in [0.29, 0.717) is 5.56 Å². The number of hydrogen-bond donors (Lipinski definition) is 1. The average molecular weight is 322 g/mol. The molecule has 0 aliphatic rings. The van der Waals surface area contributed by atoms with Crippen LogP contribution in [0.5, 0.6) is 5.75 Å². The van der Waals surface area contributed by atoms with E-state index in [-0.39, 0.29) is 22.9 Å². The van der Waals surface area contributed by atoms with Crippen LogP contribution < -0.4 is 9.46 Å². The van der Waals surface area contributed by atoms with E-state index in [1.54, 1.807) is 30.3 Å². The van der Waals surface area contributed by atoms with Gasteiger partial charge in [-0.05, 0) is 11.6 Å². The number of ether oxygens (including phenoxy) is 1. The van der Waals surface area contributed by atoms with E-state index in [1.165, 1.54) is 25.3 Å². The van der Waals surface area contributed by atoms with Gasteiger partial charge < -0.3 is 4.74 Å². The first-order valence-electron chi connectivity index (χ1n) is 6.28. The third-order valence-corrected chi connectivity index (χ3v) is 4.11. The Morgan fingerprint density at radius 1 is 1.18 bits per heavy atom. The summed E-state index contributed by atoms with van der Waals surface area (Å²) in [5, 5.41) is 10.7. The van der Waals surface area contributed by atoms with E-state index in [1.807, 2.05) is 0 Å². The second-order valence-corrected chi connectivity index (χ2v) is 6.21. The fourth-order valence-corrected chi connectivity index (χ4v) is 3.08. The number of nitro groups is 1. The van der Waals surface area contributed by atoms with Crippen molar-refractivity contribution in [3.05, 3.63) is 64.2 Å². The number of rotatable bonds is 6. The van der Waals surface area contributed by atoms with Gasteiger partial charge in [-0.1, -0.05) is 30.3 Å². The molecule has 8 heteroatoms. The number of nitro benzene ring substituents is 1. The van der Waals surface area contributed by atoms with Gasteiger partial charge in [0.25, 0.3) is 5.69 Å². The predicted molar refractivity (Wildman–Crippen MR) is 82.3 cm³/mol. The summed E-state index contributed by atoms with van der Waals surface area (Å²) in [6.07, 6.45) is 0. The smallest absolute Gasteiger partial charge is 0.273 e. The van der Waals surface area contributed by atoms with Crippen molar-refractivity contribution < 1.29 is 18.1 Å². The molecule has 0 spiro atoms. The largest absolute Gasteiger partial charge is 0.494 e. The van der Waals surface area contributed by atoms with E-state index < -0.39 is 14.9 Å². The zero-order chi connectivity index (χ0) is 16.2. The number of nitrogens with zero attached hydrogens (tertiary/aromatic N) is 1. The predicted octanol–water partition coefficient (Wildman–Crippen LogP) is 2.55. The maximum atomic E-state index is 12.2. The number of nitrogens with one attached hydrogen (secondary N) is 1. The molecule has 0 fully saturated rings. The molecule has 0 heterocycles. The minimum atomic E-state index is -3.65. The lowest BCUT2D eigenvalue weighted by atomic mass is 10.2. The minimum absolute atomic E-state index is 0.0887. The Morgan fingerprint density at radius 2 is 1.86 bits per heavy atom. The summed E-state index contributed by atoms with van der Waals surface area (Å²) < 4.78 is 31.7. The first-order chi connectivity index (χ1) is 10.4. The van der Waals surface area contributed by atoms with Gasteiger partial charge in [0, 0.05) is 6.07 Å². The Labute approximate surface area is 127 Å². The monoisotopic (exact) mass is 322 g/mol. The molecule has 0 radical (unpaired) electrons. The first-order valence-corrected chi connectivity index (χ1v) is 7.93. The molecule has 0 saturated carbocycles. The van der Waals surface area contributed by atoms with Gasteiger partial charge in [-0.3, -0.25) is 14.8 Å². The topological polar surface area (TPSA) is 98.5 Å². The highest BCUT2D eigenvalue weighted by atomic mass is 32.2. The molecule has 0 bridgehead atoms. The highest BCUT2D eigenvalue weighted by molar-refractivity contribution is 7.91. The Morgan fingerprint density at radius 3 is 2.45 bits per heavy atom. The van der Waals surface area contributed by atoms with Crippen LogP contribution in [0.1, 0.15) is 5.56 Å². The maximum Gasteiger partial charge on any atom is 0.273 e. The maximum absolute atomic E-state index is 12.2. The highest BCUT2D eigenvalue weighted by Crippen LogP contribution is 2.30. The molecule has 0 aliphatic carbocycles. The van der Waals surface area contributed by atoms with E-state index in [4.69, 9.17) is 4.74 Å². The summed E-state index contributed by atoms with van der Waals surface area (Å²) >= 11 is 0. The fraction of sp³-hybridized carbons (Fsp3) is 0.143. The first kappa shape index (κ1) is 15.8. The van der Waals surface area contributed by atoms with Crippen LogP contribution in [0, 0.1) is 10.1 Å². The molecule has 2 rings (SSSR count). The quantitative estimate of drug-likeness (QED) is 0.651. The molecule has 2 aromatic rings. The minimum Gasteiger partial charge on any atom is -0.494 e. The van der Waals surface area contributed by atoms with Gasteiger partial charge >= 0.3 is 0 Å². The standard InChI is InChI=1S/C14H14N2O5S/c1-21-14-9-12(16(17)18)7-8-13(14)15-22(19,20)10-11-5-3-2-4-6-11/h2-9,15H,10H2,1H3. The van der Waals surface area contributed by atoms with Crippen LogP contribution in [-0.4, -0.2) is 20.5 Å². The normalized spacial score (nSPS) is 11.0. The molecular weight excluding hydrogens is 308 g/mol. The third kappa shape index (κ3) is 3.95. The highest BCUT2D eigenvalue weighted by Gasteiger charge is 2.17. The van der Waals surface area contributed by atoms with Crippen molar-refractivity contribution in [1.29, 1.82) is 0 Å². The zero-order valence-corrected chi connectivity index (χ0v) is 12.5. The summed E-state index contributed by atoms with van der Waals surface area (Å²) in [7, 11) is -2.34. The van der Waals surface area contributed by atoms with Crippen molar-refractivity contribution in [1.82, 2.24) is 0 Å². The van der Waals surface area contributed by atoms with Crippen LogP contribution >= 0.6 is 0 Å². The summed E-state index contributed by atoms with van der Waals surface area (Å²) in [6.45, 7) is 0. The van der Waals surface area contributed by atoms with Crippen molar-refractivity contribution in [3.63, 3.8) is 0 Å². The van der Waals surface area contributed by atoms with Gasteiger partial charge in [-0.15, -0.1) is 0 Å². The Hall–Kier alpha value is -2.61. The van der Waals surface area contributed by atoms with Crippen molar-refractivity contribution >= 4 is 21.4 Å². The van der Waals surface area contributed by atoms with Crippen molar-refractivity contribution in [2.75, 3.05) is 11.8 Å². The van der Waals surface area contributed by atoms with Gasteiger partial charge in [-0.2, -0.15) is 0 Å². The van der Waals surface area contributed by atoms with Crippen molar-refractivity contribution in [3.8, 4) is 5.75 Å². The molecule has 0 saturated heterocycles. The number of hydrogen-bond acceptors (Lipinski definition) is 5. The molecule has 0 aliphatic heterocycles. The molecule has 7 nitrogen and oxygen atoms in total. The summed E-state index contributed by atoms with van der Waals surface area (Å²) in [5.74, 6) is -0.112. The van der Waals surface area contributed by atoms with Gasteiger partial charge in [0.1, 0.15) is 5.75 Å². The lowest BCUT2D eigenvalue weighted by Gasteiger charge is -2.11. The summed E-state index contributed by atoms with van der Waals surface area (Å²) in [6, 6.07) is 12.4. The fourth-order valence-electron chi connectivity index (χ4n) is 1.88. The number of non-ortho nitro benzene ring substituents is 1. The molecule has 0 atom stereocenters. The van der Waals surface area contributed by atoms with Crippen LogP contribution in [0.15, 0.2) is 48.5 Å². The Bertz CT molecular complexity index is 775. The molecule has 116 valence electrons. The number of sulfonamides is 1. The number of anilines is 1. The van der Waals surface area contributed by atoms with E-state index in [9.17, 15) is 18.5 Å². The second-order valence-electron chi connectivity index (χ2n) is 4.49. The molecule has 1 N–H and O–H groups in total. The second kappa shape index (κ2) is 6.44. The van der Waals surface area contributed by atoms with E-state index in [0.717, 1.165) is 0 Å². The van der Waals surface area contributed by atoms with Crippen LogP contribution in [0.3, 0.4) is 0 Å². The zero-order valence-electron chi connectivity index (χ0n) is 11.7. The van der Waals surface area contributed by atoms with Crippen LogP contribution in [0.25, 0.3) is 0 Å². The Balaban J connectivity index is 2.24. The number of methoxy groups -OCH3 is 1. The molecule has 0 amide bonds. The SMILES string of the molecule is COc1cc([N+](=O)[O-])ccc1NS(=O)(=O)Cc1ccccc1. The molecule has 0 unspecified atom stereocenters. The average Bonchev–Trinajstić information content (AvgIpc) is 2.47. The van der Waals surface area contributed by atoms with Crippen LogP contribution in [-0.2, 0) is 15.8 Å². The Kier molecular flexibility index (Phi) is 4.62. The number of benzene rings is 2. The van der Waals surface area contributed by atoms with Crippen molar-refractivity contribution in [2.24, 2.45) is 0 Å². The molecule has 2 aromatic carbocycles. The van der Waals surface area contributed by atoms with Gasteiger partial charge in [0.15, 0.2) is 0 Å². The van der Waals surface area contributed by atoms with E-state index in [2.05, 4.69) is 4.72 Å². The van der Waals surface area contributed by atoms with Crippen LogP contribution in [0.2, 0.25) is 0 Å². The van der Waals surface area contributed by atoms with Gasteiger partial charge in [0.2, 0.25) is 10.0 Å². The van der Waals surface area contributed by atoms with Gasteiger partial charge in [-0.25, -0.2) is 8.42 Å². The lowest BCUT2D eigenvalue weighted by Crippen LogP contribution is -2.15.